The lowest BCUT2D eigenvalue weighted by atomic mass is 9.96. The van der Waals surface area contributed by atoms with E-state index in [0.29, 0.717) is 37.1 Å². The SMILES string of the molecule is COC1=C(c2cnn(C(=O)OC(C)(C)C)c2)CCC(NC(=O)C(CCc2ccccc2)NC(=O)OC(C)(C)C)=C1. The van der Waals surface area contributed by atoms with Gasteiger partial charge in [0.05, 0.1) is 13.3 Å². The lowest BCUT2D eigenvalue weighted by Crippen LogP contribution is -2.48. The smallest absolute Gasteiger partial charge is 0.435 e. The number of rotatable bonds is 8. The Morgan fingerprint density at radius 3 is 2.30 bits per heavy atom. The number of aromatic nitrogens is 2. The molecule has 0 saturated carbocycles. The number of carbonyl (C=O) groups is 3. The van der Waals surface area contributed by atoms with E-state index in [0.717, 1.165) is 21.4 Å². The molecule has 40 heavy (non-hydrogen) atoms. The molecule has 0 spiro atoms. The van der Waals surface area contributed by atoms with Gasteiger partial charge in [-0.1, -0.05) is 30.3 Å². The first-order valence-electron chi connectivity index (χ1n) is 13.3. The van der Waals surface area contributed by atoms with Crippen LogP contribution in [0.15, 0.2) is 60.3 Å². The number of aryl methyl sites for hydroxylation is 1. The van der Waals surface area contributed by atoms with Gasteiger partial charge >= 0.3 is 12.2 Å². The lowest BCUT2D eigenvalue weighted by molar-refractivity contribution is -0.122. The highest BCUT2D eigenvalue weighted by atomic mass is 16.6. The predicted octanol–water partition coefficient (Wildman–Crippen LogP) is 5.34. The summed E-state index contributed by atoms with van der Waals surface area (Å²) in [5.74, 6) is 0.205. The molecule has 10 heteroatoms. The lowest BCUT2D eigenvalue weighted by Gasteiger charge is -2.25. The van der Waals surface area contributed by atoms with E-state index >= 15 is 0 Å². The van der Waals surface area contributed by atoms with Crippen molar-refractivity contribution in [2.45, 2.75) is 84.5 Å². The van der Waals surface area contributed by atoms with Crippen molar-refractivity contribution >= 4 is 23.7 Å². The molecule has 1 aliphatic carbocycles. The van der Waals surface area contributed by atoms with Gasteiger partial charge in [-0.3, -0.25) is 4.79 Å². The molecule has 0 fully saturated rings. The highest BCUT2D eigenvalue weighted by Gasteiger charge is 2.27. The summed E-state index contributed by atoms with van der Waals surface area (Å²) in [4.78, 5) is 38.2. The summed E-state index contributed by atoms with van der Waals surface area (Å²) in [6, 6.07) is 8.96. The maximum atomic E-state index is 13.3. The number of nitrogens with zero attached hydrogens (tertiary/aromatic N) is 2. The summed E-state index contributed by atoms with van der Waals surface area (Å²) in [5.41, 5.74) is 1.95. The Bertz CT molecular complexity index is 1270. The normalized spacial score (nSPS) is 14.6. The van der Waals surface area contributed by atoms with E-state index in [4.69, 9.17) is 14.2 Å². The van der Waals surface area contributed by atoms with Crippen LogP contribution in [0.1, 0.15) is 71.9 Å². The molecule has 1 heterocycles. The van der Waals surface area contributed by atoms with Crippen LogP contribution >= 0.6 is 0 Å². The number of alkyl carbamates (subject to hydrolysis) is 1. The zero-order valence-electron chi connectivity index (χ0n) is 24.4. The monoisotopic (exact) mass is 552 g/mol. The number of benzene rings is 1. The Morgan fingerprint density at radius 2 is 1.68 bits per heavy atom. The first-order chi connectivity index (χ1) is 18.7. The predicted molar refractivity (Wildman–Crippen MR) is 151 cm³/mol. The number of nitrogens with one attached hydrogen (secondary N) is 2. The molecule has 3 rings (SSSR count). The topological polar surface area (TPSA) is 121 Å². The number of allylic oxidation sites excluding steroid dienone is 3. The third-order valence-corrected chi connectivity index (χ3v) is 5.83. The van der Waals surface area contributed by atoms with Gasteiger partial charge in [-0.05, 0) is 78.9 Å². The number of hydrogen-bond donors (Lipinski definition) is 2. The molecular weight excluding hydrogens is 512 g/mol. The molecule has 1 atom stereocenters. The number of ether oxygens (including phenoxy) is 3. The fraction of sp³-hybridized carbons (Fsp3) is 0.467. The van der Waals surface area contributed by atoms with Gasteiger partial charge in [0.2, 0.25) is 5.91 Å². The molecule has 1 unspecified atom stereocenters. The summed E-state index contributed by atoms with van der Waals surface area (Å²) in [5, 5.41) is 9.82. The first kappa shape index (κ1) is 30.5. The maximum absolute atomic E-state index is 13.3. The van der Waals surface area contributed by atoms with Crippen molar-refractivity contribution in [2.24, 2.45) is 0 Å². The second kappa shape index (κ2) is 12.8. The van der Waals surface area contributed by atoms with Crippen LogP contribution in [0, 0.1) is 0 Å². The summed E-state index contributed by atoms with van der Waals surface area (Å²) in [6.45, 7) is 10.7. The van der Waals surface area contributed by atoms with Crippen molar-refractivity contribution in [1.29, 1.82) is 0 Å². The van der Waals surface area contributed by atoms with Crippen molar-refractivity contribution < 1.29 is 28.6 Å². The molecule has 0 saturated heterocycles. The molecule has 0 bridgehead atoms. The third-order valence-electron chi connectivity index (χ3n) is 5.83. The molecule has 1 aliphatic rings. The van der Waals surface area contributed by atoms with E-state index < -0.39 is 29.4 Å². The quantitative estimate of drug-likeness (QED) is 0.453. The number of amides is 2. The van der Waals surface area contributed by atoms with Gasteiger partial charge in [0.25, 0.3) is 0 Å². The summed E-state index contributed by atoms with van der Waals surface area (Å²) < 4.78 is 17.5. The molecule has 2 aromatic rings. The Hall–Kier alpha value is -4.08. The van der Waals surface area contributed by atoms with E-state index in [1.807, 2.05) is 30.3 Å². The fourth-order valence-electron chi connectivity index (χ4n) is 4.07. The van der Waals surface area contributed by atoms with Crippen LogP contribution in [-0.4, -0.2) is 52.2 Å². The van der Waals surface area contributed by atoms with Crippen molar-refractivity contribution in [3.63, 3.8) is 0 Å². The average Bonchev–Trinajstić information content (AvgIpc) is 3.35. The van der Waals surface area contributed by atoms with Gasteiger partial charge in [-0.25, -0.2) is 9.59 Å². The van der Waals surface area contributed by atoms with E-state index in [1.54, 1.807) is 67.1 Å². The molecule has 1 aromatic heterocycles. The summed E-state index contributed by atoms with van der Waals surface area (Å²) in [6.07, 6.45) is 5.77. The number of hydrogen-bond acceptors (Lipinski definition) is 7. The largest absolute Gasteiger partial charge is 0.496 e. The number of carbonyl (C=O) groups excluding carboxylic acids is 3. The average molecular weight is 553 g/mol. The Labute approximate surface area is 235 Å². The van der Waals surface area contributed by atoms with Crippen LogP contribution in [0.5, 0.6) is 0 Å². The van der Waals surface area contributed by atoms with Gasteiger partial charge < -0.3 is 24.8 Å². The van der Waals surface area contributed by atoms with E-state index in [2.05, 4.69) is 15.7 Å². The van der Waals surface area contributed by atoms with Gasteiger partial charge in [0, 0.05) is 23.0 Å². The zero-order valence-corrected chi connectivity index (χ0v) is 24.4. The highest BCUT2D eigenvalue weighted by molar-refractivity contribution is 5.87. The van der Waals surface area contributed by atoms with Gasteiger partial charge in [-0.15, -0.1) is 0 Å². The zero-order chi connectivity index (χ0) is 29.5. The van der Waals surface area contributed by atoms with Crippen molar-refractivity contribution in [2.75, 3.05) is 7.11 Å². The van der Waals surface area contributed by atoms with Crippen LogP contribution in [0.4, 0.5) is 9.59 Å². The van der Waals surface area contributed by atoms with E-state index in [-0.39, 0.29) is 5.91 Å². The van der Waals surface area contributed by atoms with Gasteiger partial charge in [0.1, 0.15) is 23.0 Å². The summed E-state index contributed by atoms with van der Waals surface area (Å²) >= 11 is 0. The standard InChI is InChI=1S/C30H40N4O6/c1-29(2,3)39-27(36)33-24(16-13-20-11-9-8-10-12-20)26(35)32-22-14-15-23(25(17-22)38-7)21-18-31-34(19-21)28(37)40-30(4,5)6/h8-12,17-19,24H,13-16H2,1-7H3,(H,32,35)(H,33,36). The highest BCUT2D eigenvalue weighted by Crippen LogP contribution is 2.31. The van der Waals surface area contributed by atoms with Crippen LogP contribution in [0.3, 0.4) is 0 Å². The Morgan fingerprint density at radius 1 is 1.00 bits per heavy atom. The van der Waals surface area contributed by atoms with Crippen molar-refractivity contribution in [1.82, 2.24) is 20.4 Å². The second-order valence-corrected chi connectivity index (χ2v) is 11.6. The minimum atomic E-state index is -0.806. The first-order valence-corrected chi connectivity index (χ1v) is 13.3. The van der Waals surface area contributed by atoms with Gasteiger partial charge in [0.15, 0.2) is 0 Å². The van der Waals surface area contributed by atoms with E-state index in [1.165, 1.54) is 0 Å². The Balaban J connectivity index is 1.75. The molecule has 0 radical (unpaired) electrons. The molecule has 1 aromatic carbocycles. The summed E-state index contributed by atoms with van der Waals surface area (Å²) in [7, 11) is 1.54. The van der Waals surface area contributed by atoms with Crippen molar-refractivity contribution in [3.05, 3.63) is 71.4 Å². The second-order valence-electron chi connectivity index (χ2n) is 11.6. The van der Waals surface area contributed by atoms with Gasteiger partial charge in [-0.2, -0.15) is 9.78 Å². The minimum Gasteiger partial charge on any atom is -0.496 e. The molecule has 0 aliphatic heterocycles. The number of methoxy groups -OCH3 is 1. The molecular formula is C30H40N4O6. The molecule has 216 valence electrons. The molecule has 2 N–H and O–H groups in total. The minimum absolute atomic E-state index is 0.343. The Kier molecular flexibility index (Phi) is 9.78. The molecule has 2 amide bonds. The van der Waals surface area contributed by atoms with Crippen LogP contribution in [-0.2, 0) is 25.4 Å². The molecule has 10 nitrogen and oxygen atoms in total. The van der Waals surface area contributed by atoms with Crippen molar-refractivity contribution in [3.8, 4) is 0 Å². The van der Waals surface area contributed by atoms with Crippen LogP contribution in [0.25, 0.3) is 5.57 Å². The van der Waals surface area contributed by atoms with Crippen LogP contribution in [0.2, 0.25) is 0 Å². The van der Waals surface area contributed by atoms with E-state index in [9.17, 15) is 14.4 Å². The van der Waals surface area contributed by atoms with Crippen LogP contribution < -0.4 is 10.6 Å². The third kappa shape index (κ3) is 9.29. The fourth-order valence-corrected chi connectivity index (χ4v) is 4.07. The maximum Gasteiger partial charge on any atom is 0.435 e.